The Kier molecular flexibility index (Phi) is 4.81. The standard InChI is InChI=1S/C15H27N3/c1-4-18-14(10-13(3)17-18)11-16-15-9-7-5-6-8-12(15)2/h10,12,15-16H,4-9,11H2,1-3H3. The molecule has 0 aliphatic heterocycles. The van der Waals surface area contributed by atoms with E-state index in [1.807, 2.05) is 0 Å². The van der Waals surface area contributed by atoms with Gasteiger partial charge in [-0.1, -0.05) is 26.2 Å². The lowest BCUT2D eigenvalue weighted by atomic mass is 9.97. The van der Waals surface area contributed by atoms with E-state index in [9.17, 15) is 0 Å². The molecule has 0 spiro atoms. The summed E-state index contributed by atoms with van der Waals surface area (Å²) in [5.74, 6) is 0.812. The van der Waals surface area contributed by atoms with Crippen LogP contribution in [0.2, 0.25) is 0 Å². The highest BCUT2D eigenvalue weighted by Gasteiger charge is 2.19. The first-order valence-electron chi connectivity index (χ1n) is 7.47. The van der Waals surface area contributed by atoms with Crippen molar-refractivity contribution in [3.63, 3.8) is 0 Å². The van der Waals surface area contributed by atoms with Crippen LogP contribution in [0.4, 0.5) is 0 Å². The van der Waals surface area contributed by atoms with E-state index in [0.717, 1.165) is 24.7 Å². The Morgan fingerprint density at radius 2 is 2.11 bits per heavy atom. The lowest BCUT2D eigenvalue weighted by molar-refractivity contribution is 0.351. The summed E-state index contributed by atoms with van der Waals surface area (Å²) in [6, 6.07) is 2.89. The molecule has 0 bridgehead atoms. The van der Waals surface area contributed by atoms with Crippen LogP contribution in [-0.4, -0.2) is 15.8 Å². The van der Waals surface area contributed by atoms with Gasteiger partial charge in [-0.2, -0.15) is 5.10 Å². The SMILES string of the molecule is CCn1nc(C)cc1CNC1CCCCCC1C. The fourth-order valence-corrected chi connectivity index (χ4v) is 3.05. The maximum atomic E-state index is 4.51. The van der Waals surface area contributed by atoms with E-state index < -0.39 is 0 Å². The van der Waals surface area contributed by atoms with Gasteiger partial charge >= 0.3 is 0 Å². The van der Waals surface area contributed by atoms with Gasteiger partial charge in [0.15, 0.2) is 0 Å². The molecule has 2 unspecified atom stereocenters. The molecule has 1 fully saturated rings. The normalized spacial score (nSPS) is 25.1. The summed E-state index contributed by atoms with van der Waals surface area (Å²) in [4.78, 5) is 0. The largest absolute Gasteiger partial charge is 0.308 e. The predicted octanol–water partition coefficient (Wildman–Crippen LogP) is 3.27. The molecule has 1 aliphatic rings. The third-order valence-electron chi connectivity index (χ3n) is 4.19. The summed E-state index contributed by atoms with van der Waals surface area (Å²) in [5, 5.41) is 8.26. The van der Waals surface area contributed by atoms with Gasteiger partial charge < -0.3 is 5.32 Å². The third-order valence-corrected chi connectivity index (χ3v) is 4.19. The molecule has 2 rings (SSSR count). The fourth-order valence-electron chi connectivity index (χ4n) is 3.05. The van der Waals surface area contributed by atoms with Crippen LogP contribution in [0.3, 0.4) is 0 Å². The van der Waals surface area contributed by atoms with Crippen molar-refractivity contribution >= 4 is 0 Å². The topological polar surface area (TPSA) is 29.9 Å². The smallest absolute Gasteiger partial charge is 0.0597 e. The maximum Gasteiger partial charge on any atom is 0.0597 e. The highest BCUT2D eigenvalue weighted by atomic mass is 15.3. The molecule has 102 valence electrons. The molecule has 1 N–H and O–H groups in total. The molecule has 1 aromatic rings. The van der Waals surface area contributed by atoms with Crippen LogP contribution >= 0.6 is 0 Å². The van der Waals surface area contributed by atoms with E-state index in [2.05, 4.69) is 41.9 Å². The van der Waals surface area contributed by atoms with Gasteiger partial charge in [0.1, 0.15) is 0 Å². The second-order valence-corrected chi connectivity index (χ2v) is 5.70. The second-order valence-electron chi connectivity index (χ2n) is 5.70. The van der Waals surface area contributed by atoms with Gasteiger partial charge in [0.25, 0.3) is 0 Å². The van der Waals surface area contributed by atoms with E-state index in [0.29, 0.717) is 6.04 Å². The van der Waals surface area contributed by atoms with Crippen LogP contribution in [0.15, 0.2) is 6.07 Å². The van der Waals surface area contributed by atoms with Crippen molar-refractivity contribution in [1.29, 1.82) is 0 Å². The molecule has 1 saturated carbocycles. The number of rotatable bonds is 4. The first kappa shape index (κ1) is 13.6. The minimum absolute atomic E-state index is 0.688. The summed E-state index contributed by atoms with van der Waals surface area (Å²) < 4.78 is 2.11. The average molecular weight is 249 g/mol. The molecule has 0 amide bonds. The number of hydrogen-bond acceptors (Lipinski definition) is 2. The Labute approximate surface area is 111 Å². The average Bonchev–Trinajstić information content (AvgIpc) is 2.59. The van der Waals surface area contributed by atoms with Gasteiger partial charge in [-0.3, -0.25) is 4.68 Å². The third kappa shape index (κ3) is 3.35. The van der Waals surface area contributed by atoms with Crippen molar-refractivity contribution in [3.8, 4) is 0 Å². The Morgan fingerprint density at radius 3 is 2.89 bits per heavy atom. The summed E-state index contributed by atoms with van der Waals surface area (Å²) in [7, 11) is 0. The molecule has 1 heterocycles. The van der Waals surface area contributed by atoms with Gasteiger partial charge in [0.05, 0.1) is 11.4 Å². The molecule has 3 heteroatoms. The minimum atomic E-state index is 0.688. The van der Waals surface area contributed by atoms with Crippen LogP contribution in [0.25, 0.3) is 0 Å². The number of hydrogen-bond donors (Lipinski definition) is 1. The molecule has 0 aromatic carbocycles. The Morgan fingerprint density at radius 1 is 1.33 bits per heavy atom. The molecule has 2 atom stereocenters. The monoisotopic (exact) mass is 249 g/mol. The van der Waals surface area contributed by atoms with Gasteiger partial charge in [-0.15, -0.1) is 0 Å². The lowest BCUT2D eigenvalue weighted by Gasteiger charge is -2.23. The molecule has 0 saturated heterocycles. The van der Waals surface area contributed by atoms with E-state index in [4.69, 9.17) is 0 Å². The maximum absolute atomic E-state index is 4.51. The zero-order chi connectivity index (χ0) is 13.0. The predicted molar refractivity (Wildman–Crippen MR) is 75.5 cm³/mol. The Bertz CT molecular complexity index is 370. The van der Waals surface area contributed by atoms with E-state index in [-0.39, 0.29) is 0 Å². The summed E-state index contributed by atoms with van der Waals surface area (Å²) in [6.07, 6.45) is 6.91. The number of aromatic nitrogens is 2. The van der Waals surface area contributed by atoms with E-state index >= 15 is 0 Å². The van der Waals surface area contributed by atoms with Crippen molar-refractivity contribution in [3.05, 3.63) is 17.5 Å². The molecular formula is C15H27N3. The molecule has 1 aromatic heterocycles. The minimum Gasteiger partial charge on any atom is -0.308 e. The van der Waals surface area contributed by atoms with Crippen LogP contribution in [-0.2, 0) is 13.1 Å². The van der Waals surface area contributed by atoms with Crippen LogP contribution in [0, 0.1) is 12.8 Å². The molecular weight excluding hydrogens is 222 g/mol. The molecule has 0 radical (unpaired) electrons. The first-order chi connectivity index (χ1) is 8.70. The van der Waals surface area contributed by atoms with Gasteiger partial charge in [-0.05, 0) is 38.7 Å². The number of nitrogens with zero attached hydrogens (tertiary/aromatic N) is 2. The lowest BCUT2D eigenvalue weighted by Crippen LogP contribution is -2.34. The summed E-state index contributed by atoms with van der Waals surface area (Å²) in [6.45, 7) is 8.55. The van der Waals surface area contributed by atoms with E-state index in [1.165, 1.54) is 37.8 Å². The second kappa shape index (κ2) is 6.37. The molecule has 3 nitrogen and oxygen atoms in total. The van der Waals surface area contributed by atoms with Crippen molar-refractivity contribution < 1.29 is 0 Å². The number of aryl methyl sites for hydroxylation is 2. The number of nitrogens with one attached hydrogen (secondary N) is 1. The molecule has 1 aliphatic carbocycles. The van der Waals surface area contributed by atoms with E-state index in [1.54, 1.807) is 0 Å². The van der Waals surface area contributed by atoms with Crippen molar-refractivity contribution in [2.24, 2.45) is 5.92 Å². The molecule has 18 heavy (non-hydrogen) atoms. The van der Waals surface area contributed by atoms with Crippen molar-refractivity contribution in [2.45, 2.75) is 72.0 Å². The first-order valence-corrected chi connectivity index (χ1v) is 7.47. The van der Waals surface area contributed by atoms with Crippen LogP contribution in [0.1, 0.15) is 57.3 Å². The van der Waals surface area contributed by atoms with Crippen LogP contribution in [0.5, 0.6) is 0 Å². The van der Waals surface area contributed by atoms with Crippen LogP contribution < -0.4 is 5.32 Å². The Hall–Kier alpha value is -0.830. The highest BCUT2D eigenvalue weighted by molar-refractivity contribution is 5.08. The Balaban J connectivity index is 1.93. The zero-order valence-corrected chi connectivity index (χ0v) is 12.1. The van der Waals surface area contributed by atoms with Gasteiger partial charge in [0, 0.05) is 19.1 Å². The zero-order valence-electron chi connectivity index (χ0n) is 12.1. The van der Waals surface area contributed by atoms with Crippen molar-refractivity contribution in [2.75, 3.05) is 0 Å². The summed E-state index contributed by atoms with van der Waals surface area (Å²) in [5.41, 5.74) is 2.45. The quantitative estimate of drug-likeness (QED) is 0.830. The fraction of sp³-hybridized carbons (Fsp3) is 0.800. The van der Waals surface area contributed by atoms with Crippen molar-refractivity contribution in [1.82, 2.24) is 15.1 Å². The highest BCUT2D eigenvalue weighted by Crippen LogP contribution is 2.23. The van der Waals surface area contributed by atoms with Gasteiger partial charge in [0.2, 0.25) is 0 Å². The van der Waals surface area contributed by atoms with Gasteiger partial charge in [-0.25, -0.2) is 0 Å². The summed E-state index contributed by atoms with van der Waals surface area (Å²) >= 11 is 0.